The molecule has 2 atom stereocenters. The molecule has 354 valence electrons. The minimum atomic E-state index is -1.31. The summed E-state index contributed by atoms with van der Waals surface area (Å²) in [6, 6.07) is 0. The van der Waals surface area contributed by atoms with Crippen molar-refractivity contribution in [2.24, 2.45) is 11.8 Å². The van der Waals surface area contributed by atoms with Crippen molar-refractivity contribution in [2.45, 2.75) is 257 Å². The summed E-state index contributed by atoms with van der Waals surface area (Å²) in [6.45, 7) is 28.0. The molecule has 3 fully saturated rings. The lowest BCUT2D eigenvalue weighted by Gasteiger charge is -2.53. The Morgan fingerprint density at radius 3 is 1.05 bits per heavy atom. The molecule has 61 heavy (non-hydrogen) atoms. The van der Waals surface area contributed by atoms with Crippen LogP contribution < -0.4 is 0 Å². The summed E-state index contributed by atoms with van der Waals surface area (Å²) < 4.78 is 24.7. The van der Waals surface area contributed by atoms with Crippen molar-refractivity contribution in [1.82, 2.24) is 14.7 Å². The topological polar surface area (TPSA) is 115 Å². The van der Waals surface area contributed by atoms with Crippen LogP contribution in [-0.4, -0.2) is 118 Å². The quantitative estimate of drug-likeness (QED) is 0.0624. The number of likely N-dealkylation sites (tertiary alicyclic amines) is 3. The zero-order valence-electron chi connectivity index (χ0n) is 41.9. The maximum Gasteiger partial charge on any atom is 0.310 e. The Bertz CT molecular complexity index is 1400. The van der Waals surface area contributed by atoms with Gasteiger partial charge in [0.2, 0.25) is 0 Å². The predicted octanol–water partition coefficient (Wildman–Crippen LogP) is 10.0. The minimum absolute atomic E-state index is 0.229. The van der Waals surface area contributed by atoms with Gasteiger partial charge in [0.05, 0.1) is 31.3 Å². The Kier molecular flexibility index (Phi) is 18.8. The summed E-state index contributed by atoms with van der Waals surface area (Å²) in [6.07, 6.45) is 13.0. The molecule has 11 heteroatoms. The average Bonchev–Trinajstić information content (AvgIpc) is 3.11. The smallest absolute Gasteiger partial charge is 0.310 e. The van der Waals surface area contributed by atoms with Crippen LogP contribution in [0.3, 0.4) is 0 Å². The van der Waals surface area contributed by atoms with Crippen LogP contribution in [0.1, 0.15) is 206 Å². The highest BCUT2D eigenvalue weighted by molar-refractivity contribution is 5.88. The van der Waals surface area contributed by atoms with Crippen molar-refractivity contribution in [3.8, 4) is 0 Å². The first-order chi connectivity index (χ1) is 28.0. The number of carbonyl (C=O) groups excluding carboxylic acids is 4. The summed E-state index contributed by atoms with van der Waals surface area (Å²) in [4.78, 5) is 64.2. The Hall–Kier alpha value is -2.24. The van der Waals surface area contributed by atoms with Gasteiger partial charge in [-0.3, -0.25) is 33.9 Å². The monoisotopic (exact) mass is 862 g/mol. The van der Waals surface area contributed by atoms with E-state index in [0.717, 1.165) is 25.7 Å². The highest BCUT2D eigenvalue weighted by Gasteiger charge is 2.50. The zero-order valence-corrected chi connectivity index (χ0v) is 41.9. The van der Waals surface area contributed by atoms with E-state index in [0.29, 0.717) is 38.5 Å². The molecule has 0 saturated carbocycles. The van der Waals surface area contributed by atoms with Crippen molar-refractivity contribution in [2.75, 3.05) is 27.7 Å². The molecule has 0 amide bonds. The number of hydrogen-bond acceptors (Lipinski definition) is 11. The minimum Gasteiger partial charge on any atom is -0.466 e. The third-order valence-corrected chi connectivity index (χ3v) is 15.3. The molecule has 0 N–H and O–H groups in total. The van der Waals surface area contributed by atoms with Gasteiger partial charge in [0.15, 0.2) is 0 Å². The number of carbonyl (C=O) groups is 4. The van der Waals surface area contributed by atoms with E-state index in [1.165, 1.54) is 38.5 Å². The van der Waals surface area contributed by atoms with Crippen LogP contribution in [0.2, 0.25) is 0 Å². The van der Waals surface area contributed by atoms with E-state index >= 15 is 0 Å². The lowest BCUT2D eigenvalue weighted by molar-refractivity contribution is -0.181. The molecule has 3 aliphatic heterocycles. The average molecular weight is 862 g/mol. The number of ether oxygens (including phenoxy) is 4. The largest absolute Gasteiger partial charge is 0.466 e. The highest BCUT2D eigenvalue weighted by Crippen LogP contribution is 2.42. The first-order valence-electron chi connectivity index (χ1n) is 24.0. The van der Waals surface area contributed by atoms with Crippen molar-refractivity contribution >= 4 is 23.9 Å². The molecule has 2 unspecified atom stereocenters. The zero-order chi connectivity index (χ0) is 46.2. The molecule has 0 aliphatic carbocycles. The molecule has 11 nitrogen and oxygen atoms in total. The lowest BCUT2D eigenvalue weighted by atomic mass is 9.78. The molecule has 3 aliphatic rings. The van der Waals surface area contributed by atoms with E-state index in [9.17, 15) is 19.2 Å². The summed E-state index contributed by atoms with van der Waals surface area (Å²) in [5, 5.41) is 0. The summed E-state index contributed by atoms with van der Waals surface area (Å²) >= 11 is 0. The first-order valence-corrected chi connectivity index (χ1v) is 24.0. The van der Waals surface area contributed by atoms with Crippen LogP contribution in [-0.2, 0) is 38.1 Å². The summed E-state index contributed by atoms with van der Waals surface area (Å²) in [5.74, 6) is -5.16. The Morgan fingerprint density at radius 1 is 0.443 bits per heavy atom. The van der Waals surface area contributed by atoms with Crippen molar-refractivity contribution < 1.29 is 38.1 Å². The van der Waals surface area contributed by atoms with Crippen molar-refractivity contribution in [1.29, 1.82) is 0 Å². The van der Waals surface area contributed by atoms with Gasteiger partial charge in [0.25, 0.3) is 0 Å². The molecule has 0 radical (unpaired) electrons. The van der Waals surface area contributed by atoms with E-state index in [4.69, 9.17) is 18.9 Å². The fourth-order valence-corrected chi connectivity index (χ4v) is 10.8. The van der Waals surface area contributed by atoms with Gasteiger partial charge >= 0.3 is 23.9 Å². The second kappa shape index (κ2) is 21.6. The van der Waals surface area contributed by atoms with E-state index in [1.54, 1.807) is 0 Å². The first kappa shape index (κ1) is 53.1. The molecule has 3 saturated heterocycles. The van der Waals surface area contributed by atoms with Crippen molar-refractivity contribution in [3.05, 3.63) is 0 Å². The standard InChI is InChI=1S/C50H91N3O8/c1-17-18-19-20-21-22-23-24-25-26-27-58-41(54)28-39(43(56)60-37-32-47(6,7)52(15)48(8,9)33-37)40(44(57)61-38-34-49(10,11)53(16)50(12,13)35-38)29-42(55)59-36-30-45(2,3)51(14)46(4,5)31-36/h36-40H,17-35H2,1-16H3. The highest BCUT2D eigenvalue weighted by atomic mass is 16.6. The molecular formula is C50H91N3O8. The Balaban J connectivity index is 1.89. The van der Waals surface area contributed by atoms with Gasteiger partial charge in [-0.1, -0.05) is 64.7 Å². The number of piperidine rings is 3. The van der Waals surface area contributed by atoms with Crippen LogP contribution in [0.25, 0.3) is 0 Å². The van der Waals surface area contributed by atoms with Crippen LogP contribution in [0.15, 0.2) is 0 Å². The van der Waals surface area contributed by atoms with E-state index in [-0.39, 0.29) is 45.9 Å². The third kappa shape index (κ3) is 15.2. The number of nitrogens with zero attached hydrogens (tertiary/aromatic N) is 3. The van der Waals surface area contributed by atoms with Gasteiger partial charge < -0.3 is 18.9 Å². The molecular weight excluding hydrogens is 771 g/mol. The van der Waals surface area contributed by atoms with Crippen molar-refractivity contribution in [3.63, 3.8) is 0 Å². The van der Waals surface area contributed by atoms with Gasteiger partial charge in [-0.2, -0.15) is 0 Å². The number of unbranched alkanes of at least 4 members (excludes halogenated alkanes) is 9. The molecule has 0 aromatic heterocycles. The maximum atomic E-state index is 14.7. The van der Waals surface area contributed by atoms with E-state index in [1.807, 2.05) is 0 Å². The SMILES string of the molecule is CCCCCCCCCCCCOC(=O)CC(C(=O)OC1CC(C)(C)N(C)C(C)(C)C1)C(CC(=O)OC1CC(C)(C)N(C)C(C)(C)C1)C(=O)OC1CC(C)(C)N(C)C(C)(C)C1. The number of rotatable bonds is 21. The second-order valence-corrected chi connectivity index (χ2v) is 23.0. The normalized spacial score (nSPS) is 24.1. The number of hydrogen-bond donors (Lipinski definition) is 0. The lowest BCUT2D eigenvalue weighted by Crippen LogP contribution is -2.61. The predicted molar refractivity (Wildman–Crippen MR) is 244 cm³/mol. The van der Waals surface area contributed by atoms with Gasteiger partial charge in [-0.15, -0.1) is 0 Å². The van der Waals surface area contributed by atoms with Gasteiger partial charge in [-0.25, -0.2) is 0 Å². The van der Waals surface area contributed by atoms with Crippen LogP contribution in [0, 0.1) is 11.8 Å². The third-order valence-electron chi connectivity index (χ3n) is 15.3. The van der Waals surface area contributed by atoms with Crippen LogP contribution in [0.4, 0.5) is 0 Å². The Labute approximate surface area is 372 Å². The van der Waals surface area contributed by atoms with Crippen LogP contribution >= 0.6 is 0 Å². The molecule has 3 rings (SSSR count). The van der Waals surface area contributed by atoms with Gasteiger partial charge in [0.1, 0.15) is 18.3 Å². The molecule has 0 spiro atoms. The number of esters is 4. The molecule has 0 aromatic rings. The van der Waals surface area contributed by atoms with E-state index in [2.05, 4.69) is 126 Å². The van der Waals surface area contributed by atoms with Gasteiger partial charge in [-0.05, 0) is 111 Å². The fourth-order valence-electron chi connectivity index (χ4n) is 10.8. The fraction of sp³-hybridized carbons (Fsp3) is 0.920. The summed E-state index contributed by atoms with van der Waals surface area (Å²) in [7, 11) is 6.26. The molecule has 0 aromatic carbocycles. The van der Waals surface area contributed by atoms with E-state index < -0.39 is 60.8 Å². The second-order valence-electron chi connectivity index (χ2n) is 23.0. The van der Waals surface area contributed by atoms with Gasteiger partial charge in [0, 0.05) is 71.8 Å². The maximum absolute atomic E-state index is 14.7. The van der Waals surface area contributed by atoms with Crippen LogP contribution in [0.5, 0.6) is 0 Å². The molecule has 3 heterocycles. The summed E-state index contributed by atoms with van der Waals surface area (Å²) in [5.41, 5.74) is -1.58. The molecule has 0 bridgehead atoms. The Morgan fingerprint density at radius 2 is 0.721 bits per heavy atom.